The number of nitrogens with zero attached hydrogens (tertiary/aromatic N) is 4. The zero-order chi connectivity index (χ0) is 19.1. The molecule has 1 amide bonds. The molecule has 0 saturated carbocycles. The topological polar surface area (TPSA) is 75.1 Å². The Kier molecular flexibility index (Phi) is 7.92. The van der Waals surface area contributed by atoms with Crippen LogP contribution in [0.4, 0.5) is 5.95 Å². The zero-order valence-corrected chi connectivity index (χ0v) is 17.8. The Bertz CT molecular complexity index is 725. The fourth-order valence-electron chi connectivity index (χ4n) is 2.38. The first-order chi connectivity index (χ1) is 12.3. The molecule has 0 unspecified atom stereocenters. The first-order valence-corrected chi connectivity index (χ1v) is 10.5. The maximum atomic E-state index is 11.0. The third kappa shape index (κ3) is 6.62. The first-order valence-electron chi connectivity index (χ1n) is 8.54. The Hall–Kier alpha value is -1.58. The van der Waals surface area contributed by atoms with E-state index in [0.29, 0.717) is 12.4 Å². The van der Waals surface area contributed by atoms with Crippen LogP contribution < -0.4 is 10.6 Å². The van der Waals surface area contributed by atoms with Gasteiger partial charge in [-0.25, -0.2) is 4.68 Å². The van der Waals surface area contributed by atoms with Gasteiger partial charge in [-0.15, -0.1) is 11.3 Å². The van der Waals surface area contributed by atoms with Gasteiger partial charge in [-0.2, -0.15) is 21.8 Å². The summed E-state index contributed by atoms with van der Waals surface area (Å²) in [5.74, 6) is 3.29. The fraction of sp³-hybridized carbons (Fsp3) is 0.588. The minimum atomic E-state index is -0.0825. The number of nitrogens with one attached hydrogen (secondary N) is 2. The quantitative estimate of drug-likeness (QED) is 0.600. The summed E-state index contributed by atoms with van der Waals surface area (Å²) in [6.45, 7) is 5.86. The summed E-state index contributed by atoms with van der Waals surface area (Å²) in [5, 5.41) is 10.3. The molecule has 0 fully saturated rings. The lowest BCUT2D eigenvalue weighted by Gasteiger charge is -2.07. The zero-order valence-electron chi connectivity index (χ0n) is 16.1. The van der Waals surface area contributed by atoms with Crippen molar-refractivity contribution in [2.45, 2.75) is 32.7 Å². The standard InChI is InChI=1S/C17H28N6OS2/c1-12-8-14(26-15(12)10-22(3)4)11-25-7-6-18-17-20-16(21-23(17)5)9-19-13(2)24/h8H,6-7,9-11H2,1-5H3,(H,19,24)(H,18,20,21). The van der Waals surface area contributed by atoms with E-state index in [4.69, 9.17) is 0 Å². The molecule has 0 spiro atoms. The molecule has 0 saturated heterocycles. The second-order valence-corrected chi connectivity index (χ2v) is 8.75. The molecular formula is C17H28N6OS2. The molecule has 2 heterocycles. The van der Waals surface area contributed by atoms with E-state index in [0.717, 1.165) is 30.5 Å². The minimum absolute atomic E-state index is 0.0825. The van der Waals surface area contributed by atoms with E-state index in [-0.39, 0.29) is 5.91 Å². The molecule has 26 heavy (non-hydrogen) atoms. The van der Waals surface area contributed by atoms with Crippen LogP contribution in [-0.2, 0) is 30.7 Å². The molecule has 2 rings (SSSR count). The van der Waals surface area contributed by atoms with E-state index >= 15 is 0 Å². The van der Waals surface area contributed by atoms with E-state index in [9.17, 15) is 4.79 Å². The summed E-state index contributed by atoms with van der Waals surface area (Å²) in [6.07, 6.45) is 0. The van der Waals surface area contributed by atoms with Crippen molar-refractivity contribution >= 4 is 35.0 Å². The summed E-state index contributed by atoms with van der Waals surface area (Å²) >= 11 is 3.83. The van der Waals surface area contributed by atoms with E-state index in [1.165, 1.54) is 22.2 Å². The molecule has 9 heteroatoms. The number of thioether (sulfide) groups is 1. The molecule has 7 nitrogen and oxygen atoms in total. The molecule has 0 radical (unpaired) electrons. The van der Waals surface area contributed by atoms with Gasteiger partial charge in [0.2, 0.25) is 11.9 Å². The minimum Gasteiger partial charge on any atom is -0.354 e. The van der Waals surface area contributed by atoms with Crippen LogP contribution in [-0.4, -0.2) is 52.0 Å². The predicted octanol–water partition coefficient (Wildman–Crippen LogP) is 2.23. The lowest BCUT2D eigenvalue weighted by molar-refractivity contribution is -0.119. The van der Waals surface area contributed by atoms with Crippen molar-refractivity contribution in [3.05, 3.63) is 27.2 Å². The van der Waals surface area contributed by atoms with Crippen LogP contribution in [0.3, 0.4) is 0 Å². The molecule has 0 aliphatic rings. The third-order valence-electron chi connectivity index (χ3n) is 3.61. The number of hydrogen-bond donors (Lipinski definition) is 2. The van der Waals surface area contributed by atoms with Crippen LogP contribution in [0.25, 0.3) is 0 Å². The Labute approximate surface area is 163 Å². The predicted molar refractivity (Wildman–Crippen MR) is 110 cm³/mol. The molecule has 0 atom stereocenters. The summed E-state index contributed by atoms with van der Waals surface area (Å²) in [4.78, 5) is 20.4. The molecule has 0 bridgehead atoms. The van der Waals surface area contributed by atoms with Crippen LogP contribution in [0.2, 0.25) is 0 Å². The summed E-state index contributed by atoms with van der Waals surface area (Å²) in [7, 11) is 6.06. The second-order valence-electron chi connectivity index (χ2n) is 6.42. The van der Waals surface area contributed by atoms with Gasteiger partial charge in [0, 0.05) is 48.3 Å². The number of rotatable bonds is 10. The molecule has 2 aromatic heterocycles. The summed E-state index contributed by atoms with van der Waals surface area (Å²) in [5.41, 5.74) is 1.39. The van der Waals surface area contributed by atoms with Gasteiger partial charge in [0.1, 0.15) is 0 Å². The number of aromatic nitrogens is 3. The van der Waals surface area contributed by atoms with Crippen molar-refractivity contribution in [2.75, 3.05) is 31.7 Å². The normalized spacial score (nSPS) is 11.2. The van der Waals surface area contributed by atoms with E-state index in [1.807, 2.05) is 30.1 Å². The SMILES string of the molecule is CC(=O)NCc1nc(NCCSCc2cc(C)c(CN(C)C)s2)n(C)n1. The van der Waals surface area contributed by atoms with Crippen LogP contribution in [0.15, 0.2) is 6.07 Å². The number of carbonyl (C=O) groups is 1. The number of amides is 1. The summed E-state index contributed by atoms with van der Waals surface area (Å²) < 4.78 is 1.71. The van der Waals surface area contributed by atoms with Gasteiger partial charge in [-0.05, 0) is 32.6 Å². The van der Waals surface area contributed by atoms with Gasteiger partial charge in [-0.3, -0.25) is 4.79 Å². The largest absolute Gasteiger partial charge is 0.354 e. The van der Waals surface area contributed by atoms with Gasteiger partial charge in [0.25, 0.3) is 0 Å². The molecule has 144 valence electrons. The van der Waals surface area contributed by atoms with Crippen LogP contribution in [0.5, 0.6) is 0 Å². The number of carbonyl (C=O) groups excluding carboxylic acids is 1. The van der Waals surface area contributed by atoms with Gasteiger partial charge in [-0.1, -0.05) is 0 Å². The highest BCUT2D eigenvalue weighted by molar-refractivity contribution is 7.98. The highest BCUT2D eigenvalue weighted by Crippen LogP contribution is 2.26. The Morgan fingerprint density at radius 3 is 2.88 bits per heavy atom. The van der Waals surface area contributed by atoms with Crippen LogP contribution in [0, 0.1) is 6.92 Å². The number of aryl methyl sites for hydroxylation is 2. The van der Waals surface area contributed by atoms with Crippen molar-refractivity contribution in [3.63, 3.8) is 0 Å². The van der Waals surface area contributed by atoms with Gasteiger partial charge < -0.3 is 15.5 Å². The number of hydrogen-bond acceptors (Lipinski definition) is 7. The molecule has 0 aromatic carbocycles. The maximum absolute atomic E-state index is 11.0. The average Bonchev–Trinajstić information content (AvgIpc) is 3.07. The third-order valence-corrected chi connectivity index (χ3v) is 6.02. The van der Waals surface area contributed by atoms with E-state index in [2.05, 4.69) is 52.7 Å². The second kappa shape index (κ2) is 9.94. The van der Waals surface area contributed by atoms with Crippen molar-refractivity contribution in [1.29, 1.82) is 0 Å². The van der Waals surface area contributed by atoms with Gasteiger partial charge in [0.05, 0.1) is 6.54 Å². The highest BCUT2D eigenvalue weighted by atomic mass is 32.2. The number of anilines is 1. The molecular weight excluding hydrogens is 368 g/mol. The van der Waals surface area contributed by atoms with Crippen LogP contribution in [0.1, 0.15) is 28.1 Å². The maximum Gasteiger partial charge on any atom is 0.221 e. The highest BCUT2D eigenvalue weighted by Gasteiger charge is 2.08. The van der Waals surface area contributed by atoms with Crippen molar-refractivity contribution in [2.24, 2.45) is 7.05 Å². The Morgan fingerprint density at radius 2 is 2.19 bits per heavy atom. The van der Waals surface area contributed by atoms with Crippen molar-refractivity contribution in [1.82, 2.24) is 25.0 Å². The van der Waals surface area contributed by atoms with Crippen molar-refractivity contribution in [3.8, 4) is 0 Å². The molecule has 2 N–H and O–H groups in total. The monoisotopic (exact) mass is 396 g/mol. The summed E-state index contributed by atoms with van der Waals surface area (Å²) in [6, 6.07) is 2.31. The first kappa shape index (κ1) is 20.7. The number of thiophene rings is 1. The Morgan fingerprint density at radius 1 is 1.42 bits per heavy atom. The fourth-order valence-corrected chi connectivity index (χ4v) is 4.64. The lowest BCUT2D eigenvalue weighted by atomic mass is 10.2. The van der Waals surface area contributed by atoms with Crippen LogP contribution >= 0.6 is 23.1 Å². The molecule has 0 aliphatic heterocycles. The van der Waals surface area contributed by atoms with Crippen molar-refractivity contribution < 1.29 is 4.79 Å². The Balaban J connectivity index is 1.71. The smallest absolute Gasteiger partial charge is 0.221 e. The van der Waals surface area contributed by atoms with Gasteiger partial charge >= 0.3 is 0 Å². The average molecular weight is 397 g/mol. The van der Waals surface area contributed by atoms with E-state index < -0.39 is 0 Å². The lowest BCUT2D eigenvalue weighted by Crippen LogP contribution is -2.19. The molecule has 2 aromatic rings. The molecule has 0 aliphatic carbocycles. The van der Waals surface area contributed by atoms with E-state index in [1.54, 1.807) is 4.68 Å². The van der Waals surface area contributed by atoms with Gasteiger partial charge in [0.15, 0.2) is 5.82 Å².